The number of carboxylic acid groups (broad SMARTS) is 1. The summed E-state index contributed by atoms with van der Waals surface area (Å²) in [6.07, 6.45) is -0.486. The number of rotatable bonds is 6. The van der Waals surface area contributed by atoms with Crippen LogP contribution in [-0.2, 0) is 9.53 Å². The molecule has 0 aliphatic carbocycles. The number of imide groups is 1. The van der Waals surface area contributed by atoms with E-state index < -0.39 is 12.1 Å². The third kappa shape index (κ3) is 2.70. The molecule has 106 valence electrons. The first kappa shape index (κ1) is 14.2. The zero-order valence-corrected chi connectivity index (χ0v) is 11.0. The minimum absolute atomic E-state index is 0.181. The van der Waals surface area contributed by atoms with Gasteiger partial charge in [-0.1, -0.05) is 12.1 Å². The second-order valence-corrected chi connectivity index (χ2v) is 4.51. The molecule has 0 saturated heterocycles. The molecular weight excluding hydrogens is 262 g/mol. The maximum absolute atomic E-state index is 12.0. The van der Waals surface area contributed by atoms with Crippen molar-refractivity contribution in [1.29, 1.82) is 0 Å². The molecular formula is C14H15NO5. The highest BCUT2D eigenvalue weighted by atomic mass is 16.5. The lowest BCUT2D eigenvalue weighted by atomic mass is 10.1. The van der Waals surface area contributed by atoms with Crippen LogP contribution in [0, 0.1) is 0 Å². The normalized spacial score (nSPS) is 15.3. The van der Waals surface area contributed by atoms with Gasteiger partial charge in [0.1, 0.15) is 0 Å². The van der Waals surface area contributed by atoms with Crippen molar-refractivity contribution in [2.45, 2.75) is 19.4 Å². The first-order chi connectivity index (χ1) is 9.52. The lowest BCUT2D eigenvalue weighted by molar-refractivity contribution is -0.149. The van der Waals surface area contributed by atoms with Crippen LogP contribution >= 0.6 is 0 Å². The third-order valence-electron chi connectivity index (χ3n) is 3.12. The fourth-order valence-corrected chi connectivity index (χ4v) is 2.00. The number of carboxylic acids is 1. The smallest absolute Gasteiger partial charge is 0.332 e. The van der Waals surface area contributed by atoms with Crippen molar-refractivity contribution in [3.05, 3.63) is 35.4 Å². The Kier molecular flexibility index (Phi) is 4.14. The molecule has 1 N–H and O–H groups in total. The highest BCUT2D eigenvalue weighted by Crippen LogP contribution is 2.22. The molecule has 0 bridgehead atoms. The van der Waals surface area contributed by atoms with Crippen LogP contribution in [-0.4, -0.2) is 47.0 Å². The summed E-state index contributed by atoms with van der Waals surface area (Å²) < 4.78 is 5.06. The fourth-order valence-electron chi connectivity index (χ4n) is 2.00. The molecule has 1 aliphatic rings. The number of fused-ring (bicyclic) bond motifs is 1. The maximum Gasteiger partial charge on any atom is 0.332 e. The van der Waals surface area contributed by atoms with E-state index in [0.29, 0.717) is 17.5 Å². The molecule has 0 saturated carbocycles. The van der Waals surface area contributed by atoms with E-state index in [1.165, 1.54) is 11.8 Å². The highest BCUT2D eigenvalue weighted by molar-refractivity contribution is 6.21. The van der Waals surface area contributed by atoms with Gasteiger partial charge in [-0.3, -0.25) is 14.5 Å². The molecule has 0 radical (unpaired) electrons. The Morgan fingerprint density at radius 1 is 1.25 bits per heavy atom. The Morgan fingerprint density at radius 2 is 1.80 bits per heavy atom. The lowest BCUT2D eigenvalue weighted by Crippen LogP contribution is -2.31. The summed E-state index contributed by atoms with van der Waals surface area (Å²) in [5.74, 6) is -1.65. The lowest BCUT2D eigenvalue weighted by Gasteiger charge is -2.14. The Labute approximate surface area is 115 Å². The van der Waals surface area contributed by atoms with Gasteiger partial charge < -0.3 is 9.84 Å². The number of carbonyl (C=O) groups excluding carboxylic acids is 2. The minimum atomic E-state index is -1.04. The molecule has 1 heterocycles. The molecule has 0 aromatic heterocycles. The van der Waals surface area contributed by atoms with E-state index in [2.05, 4.69) is 0 Å². The SMILES string of the molecule is CC(OCCCN1C(=O)c2ccccc2C1=O)C(=O)O. The van der Waals surface area contributed by atoms with Gasteiger partial charge in [-0.2, -0.15) is 0 Å². The molecule has 1 aromatic rings. The predicted octanol–water partition coefficient (Wildman–Crippen LogP) is 1.16. The van der Waals surface area contributed by atoms with E-state index in [4.69, 9.17) is 9.84 Å². The zero-order valence-electron chi connectivity index (χ0n) is 11.0. The van der Waals surface area contributed by atoms with Crippen molar-refractivity contribution in [1.82, 2.24) is 4.90 Å². The number of aliphatic carboxylic acids is 1. The molecule has 0 fully saturated rings. The standard InChI is InChI=1S/C14H15NO5/c1-9(14(18)19)20-8-4-7-15-12(16)10-5-2-3-6-11(10)13(15)17/h2-3,5-6,9H,4,7-8H2,1H3,(H,18,19). The van der Waals surface area contributed by atoms with Gasteiger partial charge in [-0.25, -0.2) is 4.79 Å². The van der Waals surface area contributed by atoms with Crippen LogP contribution in [0.5, 0.6) is 0 Å². The summed E-state index contributed by atoms with van der Waals surface area (Å²) in [6, 6.07) is 6.67. The number of nitrogens with zero attached hydrogens (tertiary/aromatic N) is 1. The molecule has 6 heteroatoms. The van der Waals surface area contributed by atoms with Crippen LogP contribution in [0.15, 0.2) is 24.3 Å². The number of amides is 2. The average molecular weight is 277 g/mol. The maximum atomic E-state index is 12.0. The Morgan fingerprint density at radius 3 is 2.30 bits per heavy atom. The first-order valence-electron chi connectivity index (χ1n) is 6.32. The summed E-state index contributed by atoms with van der Waals surface area (Å²) in [6.45, 7) is 1.84. The topological polar surface area (TPSA) is 83.9 Å². The highest BCUT2D eigenvalue weighted by Gasteiger charge is 2.34. The molecule has 6 nitrogen and oxygen atoms in total. The second-order valence-electron chi connectivity index (χ2n) is 4.51. The van der Waals surface area contributed by atoms with Crippen molar-refractivity contribution in [2.24, 2.45) is 0 Å². The summed E-state index contributed by atoms with van der Waals surface area (Å²) in [5.41, 5.74) is 0.828. The van der Waals surface area contributed by atoms with Crippen LogP contribution in [0.1, 0.15) is 34.1 Å². The molecule has 20 heavy (non-hydrogen) atoms. The van der Waals surface area contributed by atoms with Gasteiger partial charge in [0.05, 0.1) is 11.1 Å². The van der Waals surface area contributed by atoms with Gasteiger partial charge >= 0.3 is 5.97 Å². The predicted molar refractivity (Wildman–Crippen MR) is 69.5 cm³/mol. The van der Waals surface area contributed by atoms with Gasteiger partial charge in [0, 0.05) is 13.2 Å². The van der Waals surface area contributed by atoms with E-state index in [1.54, 1.807) is 24.3 Å². The molecule has 1 aliphatic heterocycles. The quantitative estimate of drug-likeness (QED) is 0.623. The molecule has 2 rings (SSSR count). The van der Waals surface area contributed by atoms with Crippen LogP contribution < -0.4 is 0 Å². The molecule has 1 atom stereocenters. The second kappa shape index (κ2) is 5.83. The average Bonchev–Trinajstić information content (AvgIpc) is 2.68. The van der Waals surface area contributed by atoms with Gasteiger partial charge in [-0.05, 0) is 25.5 Å². The van der Waals surface area contributed by atoms with Crippen molar-refractivity contribution >= 4 is 17.8 Å². The largest absolute Gasteiger partial charge is 0.479 e. The summed E-state index contributed by atoms with van der Waals surface area (Å²) in [5, 5.41) is 8.65. The molecule has 2 amide bonds. The monoisotopic (exact) mass is 277 g/mol. The van der Waals surface area contributed by atoms with Crippen LogP contribution in [0.3, 0.4) is 0 Å². The summed E-state index contributed by atoms with van der Waals surface area (Å²) in [7, 11) is 0. The number of ether oxygens (including phenoxy) is 1. The van der Waals surface area contributed by atoms with Crippen LogP contribution in [0.4, 0.5) is 0 Å². The van der Waals surface area contributed by atoms with Gasteiger partial charge in [0.2, 0.25) is 0 Å². The van der Waals surface area contributed by atoms with E-state index >= 15 is 0 Å². The number of hydrogen-bond acceptors (Lipinski definition) is 4. The molecule has 1 aromatic carbocycles. The van der Waals surface area contributed by atoms with Crippen molar-refractivity contribution in [3.8, 4) is 0 Å². The van der Waals surface area contributed by atoms with Crippen molar-refractivity contribution < 1.29 is 24.2 Å². The number of carbonyl (C=O) groups is 3. The van der Waals surface area contributed by atoms with Crippen molar-refractivity contribution in [3.63, 3.8) is 0 Å². The number of hydrogen-bond donors (Lipinski definition) is 1. The van der Waals surface area contributed by atoms with E-state index in [-0.39, 0.29) is 25.0 Å². The third-order valence-corrected chi connectivity index (χ3v) is 3.12. The van der Waals surface area contributed by atoms with E-state index in [0.717, 1.165) is 0 Å². The first-order valence-corrected chi connectivity index (χ1v) is 6.32. The summed E-state index contributed by atoms with van der Waals surface area (Å²) in [4.78, 5) is 35.8. The number of benzene rings is 1. The Hall–Kier alpha value is -2.21. The Bertz CT molecular complexity index is 519. The van der Waals surface area contributed by atoms with Gasteiger partial charge in [-0.15, -0.1) is 0 Å². The molecule has 0 spiro atoms. The Balaban J connectivity index is 1.88. The van der Waals surface area contributed by atoms with Crippen molar-refractivity contribution in [2.75, 3.05) is 13.2 Å². The van der Waals surface area contributed by atoms with Crippen LogP contribution in [0.2, 0.25) is 0 Å². The van der Waals surface area contributed by atoms with Crippen LogP contribution in [0.25, 0.3) is 0 Å². The zero-order chi connectivity index (χ0) is 14.7. The minimum Gasteiger partial charge on any atom is -0.479 e. The van der Waals surface area contributed by atoms with E-state index in [1.807, 2.05) is 0 Å². The van der Waals surface area contributed by atoms with Gasteiger partial charge in [0.25, 0.3) is 11.8 Å². The van der Waals surface area contributed by atoms with E-state index in [9.17, 15) is 14.4 Å². The summed E-state index contributed by atoms with van der Waals surface area (Å²) >= 11 is 0. The van der Waals surface area contributed by atoms with Gasteiger partial charge in [0.15, 0.2) is 6.10 Å². The molecule has 1 unspecified atom stereocenters. The fraction of sp³-hybridized carbons (Fsp3) is 0.357.